The number of benzene rings is 1. The molecule has 72 valence electrons. The van der Waals surface area contributed by atoms with E-state index >= 15 is 0 Å². The van der Waals surface area contributed by atoms with E-state index in [4.69, 9.17) is 11.6 Å². The normalized spacial score (nSPS) is 14.2. The minimum Gasteiger partial charge on any atom is -0.117 e. The monoisotopic (exact) mass is 196 g/mol. The predicted octanol–water partition coefficient (Wildman–Crippen LogP) is 4.40. The van der Waals surface area contributed by atoms with E-state index in [1.807, 2.05) is 18.2 Å². The van der Waals surface area contributed by atoms with Crippen LogP contribution < -0.4 is 0 Å². The van der Waals surface area contributed by atoms with Gasteiger partial charge in [0, 0.05) is 0 Å². The average Bonchev–Trinajstić information content (AvgIpc) is 2.18. The zero-order valence-electron chi connectivity index (χ0n) is 8.55. The molecule has 0 heterocycles. The summed E-state index contributed by atoms with van der Waals surface area (Å²) >= 11 is 6.40. The lowest BCUT2D eigenvalue weighted by Gasteiger charge is -2.28. The maximum absolute atomic E-state index is 6.40. The molecule has 0 nitrogen and oxygen atoms in total. The van der Waals surface area contributed by atoms with Crippen LogP contribution in [0.4, 0.5) is 0 Å². The minimum absolute atomic E-state index is 0.110. The lowest BCUT2D eigenvalue weighted by molar-refractivity contribution is 0.336. The van der Waals surface area contributed by atoms with Crippen molar-refractivity contribution in [3.63, 3.8) is 0 Å². The quantitative estimate of drug-likeness (QED) is 0.629. The van der Waals surface area contributed by atoms with Gasteiger partial charge in [-0.05, 0) is 17.4 Å². The summed E-state index contributed by atoms with van der Waals surface area (Å²) in [5.41, 5.74) is 1.39. The van der Waals surface area contributed by atoms with Crippen LogP contribution in [0.1, 0.15) is 38.1 Å². The Balaban J connectivity index is 2.85. The van der Waals surface area contributed by atoms with Crippen LogP contribution in [0.2, 0.25) is 0 Å². The molecule has 0 aliphatic carbocycles. The predicted molar refractivity (Wildman–Crippen MR) is 59.1 cm³/mol. The van der Waals surface area contributed by atoms with E-state index in [9.17, 15) is 0 Å². The third-order valence-corrected chi connectivity index (χ3v) is 3.53. The van der Waals surface area contributed by atoms with Crippen molar-refractivity contribution in [3.8, 4) is 0 Å². The van der Waals surface area contributed by atoms with Gasteiger partial charge in [0.2, 0.25) is 0 Å². The first-order chi connectivity index (χ1) is 6.08. The highest BCUT2D eigenvalue weighted by atomic mass is 35.5. The molecule has 0 saturated heterocycles. The maximum atomic E-state index is 6.40. The Hall–Kier alpha value is -0.490. The number of halogens is 1. The van der Waals surface area contributed by atoms with Gasteiger partial charge in [-0.1, -0.05) is 51.1 Å². The van der Waals surface area contributed by atoms with E-state index in [1.54, 1.807) is 0 Å². The van der Waals surface area contributed by atoms with Crippen molar-refractivity contribution in [2.75, 3.05) is 0 Å². The summed E-state index contributed by atoms with van der Waals surface area (Å²) in [5, 5.41) is 0.110. The summed E-state index contributed by atoms with van der Waals surface area (Å²) in [6.07, 6.45) is 1.09. The van der Waals surface area contributed by atoms with Gasteiger partial charge in [-0.25, -0.2) is 0 Å². The lowest BCUT2D eigenvalue weighted by atomic mass is 9.83. The third kappa shape index (κ3) is 2.47. The molecule has 1 atom stereocenters. The second kappa shape index (κ2) is 4.15. The Morgan fingerprint density at radius 3 is 2.23 bits per heavy atom. The van der Waals surface area contributed by atoms with Crippen molar-refractivity contribution in [3.05, 3.63) is 35.9 Å². The Morgan fingerprint density at radius 2 is 1.77 bits per heavy atom. The first kappa shape index (κ1) is 10.6. The van der Waals surface area contributed by atoms with Crippen LogP contribution >= 0.6 is 11.6 Å². The van der Waals surface area contributed by atoms with E-state index in [1.165, 1.54) is 5.56 Å². The van der Waals surface area contributed by atoms with Crippen molar-refractivity contribution in [1.82, 2.24) is 0 Å². The molecular formula is C12H17Cl. The highest BCUT2D eigenvalue weighted by Gasteiger charge is 2.26. The van der Waals surface area contributed by atoms with Crippen LogP contribution in [0, 0.1) is 5.41 Å². The first-order valence-corrected chi connectivity index (χ1v) is 5.20. The van der Waals surface area contributed by atoms with Gasteiger partial charge in [0.05, 0.1) is 5.38 Å². The molecule has 13 heavy (non-hydrogen) atoms. The standard InChI is InChI=1S/C12H17Cl/c1-4-12(2,3)11(13)10-8-6-5-7-9-10/h5-9,11H,4H2,1-3H3. The van der Waals surface area contributed by atoms with Crippen LogP contribution in [-0.4, -0.2) is 0 Å². The summed E-state index contributed by atoms with van der Waals surface area (Å²) in [6.45, 7) is 6.59. The molecule has 0 spiro atoms. The fourth-order valence-electron chi connectivity index (χ4n) is 1.25. The maximum Gasteiger partial charge on any atom is 0.0636 e. The molecule has 0 aromatic heterocycles. The molecule has 0 amide bonds. The third-order valence-electron chi connectivity index (χ3n) is 2.69. The minimum atomic E-state index is 0.110. The Labute approximate surface area is 85.9 Å². The van der Waals surface area contributed by atoms with Crippen LogP contribution in [0.3, 0.4) is 0 Å². The van der Waals surface area contributed by atoms with Crippen LogP contribution in [0.5, 0.6) is 0 Å². The Kier molecular flexibility index (Phi) is 3.38. The van der Waals surface area contributed by atoms with E-state index in [0.29, 0.717) is 0 Å². The van der Waals surface area contributed by atoms with Crippen molar-refractivity contribution >= 4 is 11.6 Å². The molecule has 0 aliphatic rings. The molecule has 1 rings (SSSR count). The molecular weight excluding hydrogens is 180 g/mol. The van der Waals surface area contributed by atoms with Gasteiger partial charge < -0.3 is 0 Å². The molecule has 1 unspecified atom stereocenters. The molecule has 0 N–H and O–H groups in total. The average molecular weight is 197 g/mol. The van der Waals surface area contributed by atoms with E-state index in [-0.39, 0.29) is 10.8 Å². The number of hydrogen-bond acceptors (Lipinski definition) is 0. The molecule has 1 aromatic carbocycles. The number of hydrogen-bond donors (Lipinski definition) is 0. The van der Waals surface area contributed by atoms with Gasteiger partial charge in [0.15, 0.2) is 0 Å². The zero-order chi connectivity index (χ0) is 9.90. The first-order valence-electron chi connectivity index (χ1n) is 4.77. The van der Waals surface area contributed by atoms with Crippen molar-refractivity contribution in [1.29, 1.82) is 0 Å². The topological polar surface area (TPSA) is 0 Å². The molecule has 0 fully saturated rings. The molecule has 1 heteroatoms. The molecule has 0 saturated carbocycles. The molecule has 0 radical (unpaired) electrons. The van der Waals surface area contributed by atoms with Crippen molar-refractivity contribution in [2.45, 2.75) is 32.6 Å². The van der Waals surface area contributed by atoms with Gasteiger partial charge in [0.1, 0.15) is 0 Å². The van der Waals surface area contributed by atoms with Gasteiger partial charge in [-0.15, -0.1) is 11.6 Å². The van der Waals surface area contributed by atoms with Crippen molar-refractivity contribution in [2.24, 2.45) is 5.41 Å². The second-order valence-electron chi connectivity index (χ2n) is 4.12. The van der Waals surface area contributed by atoms with Crippen molar-refractivity contribution < 1.29 is 0 Å². The highest BCUT2D eigenvalue weighted by Crippen LogP contribution is 2.40. The van der Waals surface area contributed by atoms with Crippen LogP contribution in [0.25, 0.3) is 0 Å². The SMILES string of the molecule is CCC(C)(C)C(Cl)c1ccccc1. The summed E-state index contributed by atoms with van der Waals surface area (Å²) in [6, 6.07) is 10.3. The molecule has 0 aliphatic heterocycles. The summed E-state index contributed by atoms with van der Waals surface area (Å²) < 4.78 is 0. The second-order valence-corrected chi connectivity index (χ2v) is 4.55. The van der Waals surface area contributed by atoms with E-state index < -0.39 is 0 Å². The van der Waals surface area contributed by atoms with E-state index in [2.05, 4.69) is 32.9 Å². The van der Waals surface area contributed by atoms with E-state index in [0.717, 1.165) is 6.42 Å². The Morgan fingerprint density at radius 1 is 1.23 bits per heavy atom. The highest BCUT2D eigenvalue weighted by molar-refractivity contribution is 6.21. The molecule has 1 aromatic rings. The number of rotatable bonds is 3. The van der Waals surface area contributed by atoms with Gasteiger partial charge >= 0.3 is 0 Å². The van der Waals surface area contributed by atoms with Gasteiger partial charge in [-0.3, -0.25) is 0 Å². The summed E-state index contributed by atoms with van der Waals surface area (Å²) in [5.74, 6) is 0. The van der Waals surface area contributed by atoms with Crippen LogP contribution in [-0.2, 0) is 0 Å². The Bertz CT molecular complexity index is 251. The van der Waals surface area contributed by atoms with Crippen LogP contribution in [0.15, 0.2) is 30.3 Å². The summed E-state index contributed by atoms with van der Waals surface area (Å²) in [4.78, 5) is 0. The smallest absolute Gasteiger partial charge is 0.0636 e. The molecule has 0 bridgehead atoms. The summed E-state index contributed by atoms with van der Waals surface area (Å²) in [7, 11) is 0. The zero-order valence-corrected chi connectivity index (χ0v) is 9.31. The fourth-order valence-corrected chi connectivity index (χ4v) is 1.55. The fraction of sp³-hybridized carbons (Fsp3) is 0.500. The van der Waals surface area contributed by atoms with Gasteiger partial charge in [0.25, 0.3) is 0 Å². The largest absolute Gasteiger partial charge is 0.117 e. The lowest BCUT2D eigenvalue weighted by Crippen LogP contribution is -2.16. The van der Waals surface area contributed by atoms with Gasteiger partial charge in [-0.2, -0.15) is 0 Å². The number of alkyl halides is 1.